The summed E-state index contributed by atoms with van der Waals surface area (Å²) < 4.78 is 4.15. The summed E-state index contributed by atoms with van der Waals surface area (Å²) in [5.41, 5.74) is 17.3. The fourth-order valence-electron chi connectivity index (χ4n) is 6.45. The van der Waals surface area contributed by atoms with Gasteiger partial charge in [-0.3, -0.25) is 9.13 Å². The number of nitrogen functional groups attached to an aromatic ring is 1. The summed E-state index contributed by atoms with van der Waals surface area (Å²) in [6.07, 6.45) is 12.8. The SMILES string of the molecule is C=C/C=C\c1c(N)n(-c2ccc(Cc3ccc(Cc4ccc(-n5c6ncccc6c6cccnc65)cc4)cc3)cc2)c2ncccc12. The number of anilines is 1. The first-order valence-electron chi connectivity index (χ1n) is 15.7. The molecule has 8 rings (SSSR count). The summed E-state index contributed by atoms with van der Waals surface area (Å²) in [5.74, 6) is 0.663. The number of benzene rings is 3. The Morgan fingerprint density at radius 2 is 0.936 bits per heavy atom. The molecule has 5 heterocycles. The minimum absolute atomic E-state index is 0.663. The van der Waals surface area contributed by atoms with Gasteiger partial charge in [0.05, 0.1) is 0 Å². The van der Waals surface area contributed by atoms with Crippen LogP contribution in [0.15, 0.2) is 147 Å². The van der Waals surface area contributed by atoms with Crippen LogP contribution in [0.25, 0.3) is 50.6 Å². The molecule has 6 heteroatoms. The minimum atomic E-state index is 0.663. The summed E-state index contributed by atoms with van der Waals surface area (Å²) in [5, 5.41) is 3.23. The van der Waals surface area contributed by atoms with Gasteiger partial charge >= 0.3 is 0 Å². The van der Waals surface area contributed by atoms with Gasteiger partial charge in [-0.1, -0.05) is 73.3 Å². The van der Waals surface area contributed by atoms with Gasteiger partial charge in [0.15, 0.2) is 0 Å². The van der Waals surface area contributed by atoms with E-state index in [1.807, 2.05) is 53.4 Å². The van der Waals surface area contributed by atoms with Crippen molar-refractivity contribution >= 4 is 45.0 Å². The molecule has 226 valence electrons. The average Bonchev–Trinajstić information content (AvgIpc) is 3.60. The van der Waals surface area contributed by atoms with Crippen LogP contribution in [0.3, 0.4) is 0 Å². The van der Waals surface area contributed by atoms with Crippen LogP contribution in [0.4, 0.5) is 5.82 Å². The summed E-state index contributed by atoms with van der Waals surface area (Å²) in [7, 11) is 0. The van der Waals surface area contributed by atoms with Gasteiger partial charge < -0.3 is 5.73 Å². The summed E-state index contributed by atoms with van der Waals surface area (Å²) in [6.45, 7) is 3.79. The average molecular weight is 609 g/mol. The molecular formula is C41H32N6. The van der Waals surface area contributed by atoms with Crippen molar-refractivity contribution in [2.45, 2.75) is 12.8 Å². The van der Waals surface area contributed by atoms with Gasteiger partial charge in [-0.25, -0.2) is 15.0 Å². The van der Waals surface area contributed by atoms with Gasteiger partial charge in [0, 0.05) is 51.7 Å². The van der Waals surface area contributed by atoms with Crippen LogP contribution in [0.5, 0.6) is 0 Å². The van der Waals surface area contributed by atoms with E-state index >= 15 is 0 Å². The molecule has 0 atom stereocenters. The van der Waals surface area contributed by atoms with E-state index in [1.165, 1.54) is 22.3 Å². The molecule has 0 aliphatic rings. The first kappa shape index (κ1) is 28.2. The van der Waals surface area contributed by atoms with Gasteiger partial charge in [-0.05, 0) is 95.8 Å². The van der Waals surface area contributed by atoms with Crippen molar-refractivity contribution in [1.82, 2.24) is 24.1 Å². The Balaban J connectivity index is 0.976. The predicted molar refractivity (Wildman–Crippen MR) is 193 cm³/mol. The second-order valence-electron chi connectivity index (χ2n) is 11.7. The van der Waals surface area contributed by atoms with E-state index in [1.54, 1.807) is 12.3 Å². The minimum Gasteiger partial charge on any atom is -0.384 e. The van der Waals surface area contributed by atoms with Crippen molar-refractivity contribution in [3.63, 3.8) is 0 Å². The monoisotopic (exact) mass is 608 g/mol. The second-order valence-corrected chi connectivity index (χ2v) is 11.7. The Kier molecular flexibility index (Phi) is 7.15. The number of fused-ring (bicyclic) bond motifs is 4. The zero-order valence-corrected chi connectivity index (χ0v) is 25.8. The highest BCUT2D eigenvalue weighted by Crippen LogP contribution is 2.32. The normalized spacial score (nSPS) is 11.7. The van der Waals surface area contributed by atoms with Crippen molar-refractivity contribution < 1.29 is 0 Å². The number of nitrogens with zero attached hydrogens (tertiary/aromatic N) is 5. The van der Waals surface area contributed by atoms with Crippen LogP contribution in [0.1, 0.15) is 27.8 Å². The molecule has 0 fully saturated rings. The van der Waals surface area contributed by atoms with Crippen LogP contribution >= 0.6 is 0 Å². The van der Waals surface area contributed by atoms with Crippen molar-refractivity contribution in [3.8, 4) is 11.4 Å². The lowest BCUT2D eigenvalue weighted by Crippen LogP contribution is -2.01. The van der Waals surface area contributed by atoms with Gasteiger partial charge in [-0.15, -0.1) is 0 Å². The number of hydrogen-bond acceptors (Lipinski definition) is 4. The van der Waals surface area contributed by atoms with Crippen LogP contribution in [0.2, 0.25) is 0 Å². The number of hydrogen-bond donors (Lipinski definition) is 1. The maximum Gasteiger partial charge on any atom is 0.146 e. The Hall–Kier alpha value is -6.27. The molecule has 8 aromatic rings. The number of rotatable bonds is 8. The summed E-state index contributed by atoms with van der Waals surface area (Å²) in [6, 6.07) is 38.4. The van der Waals surface area contributed by atoms with E-state index in [4.69, 9.17) is 5.73 Å². The molecule has 2 N–H and O–H groups in total. The summed E-state index contributed by atoms with van der Waals surface area (Å²) in [4.78, 5) is 14.0. The van der Waals surface area contributed by atoms with Crippen LogP contribution < -0.4 is 5.73 Å². The number of nitrogens with two attached hydrogens (primary N) is 1. The highest BCUT2D eigenvalue weighted by molar-refractivity contribution is 6.06. The molecule has 0 unspecified atom stereocenters. The lowest BCUT2D eigenvalue weighted by Gasteiger charge is -2.10. The Labute approximate surface area is 272 Å². The van der Waals surface area contributed by atoms with Crippen LogP contribution in [0, 0.1) is 0 Å². The number of allylic oxidation sites excluding steroid dienone is 2. The lowest BCUT2D eigenvalue weighted by molar-refractivity contribution is 1.09. The largest absolute Gasteiger partial charge is 0.384 e. The Bertz CT molecular complexity index is 2360. The highest BCUT2D eigenvalue weighted by atomic mass is 15.1. The number of aromatic nitrogens is 5. The molecule has 0 spiro atoms. The van der Waals surface area contributed by atoms with Gasteiger partial charge in [-0.2, -0.15) is 0 Å². The van der Waals surface area contributed by atoms with Gasteiger partial charge in [0.25, 0.3) is 0 Å². The third kappa shape index (κ3) is 5.16. The maximum atomic E-state index is 6.62. The first-order chi connectivity index (χ1) is 23.2. The quantitative estimate of drug-likeness (QED) is 0.175. The summed E-state index contributed by atoms with van der Waals surface area (Å²) >= 11 is 0. The fraction of sp³-hybridized carbons (Fsp3) is 0.0488. The highest BCUT2D eigenvalue weighted by Gasteiger charge is 2.16. The standard InChI is InChI=1S/C41H32N6/c1-2-3-7-34-35-8-4-23-43-39(35)46(38(34)42)32-19-15-30(16-20-32)26-28-11-13-29(14-12-28)27-31-17-21-33(22-18-31)47-40-36(9-5-24-44-40)37-10-6-25-45-41(37)47/h2-25H,1,26-27,42H2/b7-3-. The van der Waals surface area contributed by atoms with E-state index in [-0.39, 0.29) is 0 Å². The molecule has 47 heavy (non-hydrogen) atoms. The topological polar surface area (TPSA) is 74.5 Å². The predicted octanol–water partition coefficient (Wildman–Crippen LogP) is 8.88. The zero-order chi connectivity index (χ0) is 31.7. The smallest absolute Gasteiger partial charge is 0.146 e. The van der Waals surface area contributed by atoms with Crippen molar-refractivity contribution in [2.75, 3.05) is 5.73 Å². The molecule has 0 aliphatic heterocycles. The zero-order valence-electron chi connectivity index (χ0n) is 25.8. The van der Waals surface area contributed by atoms with E-state index in [9.17, 15) is 0 Å². The lowest BCUT2D eigenvalue weighted by atomic mass is 10.00. The molecular weight excluding hydrogens is 576 g/mol. The molecule has 0 saturated carbocycles. The molecule has 0 radical (unpaired) electrons. The van der Waals surface area contributed by atoms with E-state index < -0.39 is 0 Å². The van der Waals surface area contributed by atoms with Crippen molar-refractivity contribution in [3.05, 3.63) is 174 Å². The molecule has 0 amide bonds. The van der Waals surface area contributed by atoms with Gasteiger partial charge in [0.2, 0.25) is 0 Å². The second kappa shape index (κ2) is 11.9. The Morgan fingerprint density at radius 1 is 0.532 bits per heavy atom. The molecule has 3 aromatic carbocycles. The van der Waals surface area contributed by atoms with Crippen LogP contribution in [-0.2, 0) is 12.8 Å². The van der Waals surface area contributed by atoms with E-state index in [2.05, 4.69) is 111 Å². The maximum absolute atomic E-state index is 6.62. The molecule has 5 aromatic heterocycles. The molecule has 0 aliphatic carbocycles. The van der Waals surface area contributed by atoms with Crippen molar-refractivity contribution in [2.24, 2.45) is 0 Å². The Morgan fingerprint density at radius 3 is 1.40 bits per heavy atom. The van der Waals surface area contributed by atoms with E-state index in [0.29, 0.717) is 5.82 Å². The molecule has 0 saturated heterocycles. The third-order valence-electron chi connectivity index (χ3n) is 8.72. The van der Waals surface area contributed by atoms with Crippen molar-refractivity contribution in [1.29, 1.82) is 0 Å². The first-order valence-corrected chi connectivity index (χ1v) is 15.7. The number of pyridine rings is 3. The third-order valence-corrected chi connectivity index (χ3v) is 8.72. The molecule has 6 nitrogen and oxygen atoms in total. The molecule has 0 bridgehead atoms. The van der Waals surface area contributed by atoms with Crippen LogP contribution in [-0.4, -0.2) is 24.1 Å². The van der Waals surface area contributed by atoms with E-state index in [0.717, 1.165) is 62.9 Å². The van der Waals surface area contributed by atoms with Gasteiger partial charge in [0.1, 0.15) is 22.8 Å². The fourth-order valence-corrected chi connectivity index (χ4v) is 6.45.